The van der Waals surface area contributed by atoms with Gasteiger partial charge in [-0.3, -0.25) is 0 Å². The lowest BCUT2D eigenvalue weighted by molar-refractivity contribution is 1.04. The fourth-order valence-electron chi connectivity index (χ4n) is 3.06. The van der Waals surface area contributed by atoms with E-state index in [2.05, 4.69) is 67.3 Å². The minimum atomic E-state index is 0.419. The zero-order chi connectivity index (χ0) is 12.8. The Morgan fingerprint density at radius 1 is 0.789 bits per heavy atom. The Kier molecular flexibility index (Phi) is 2.13. The highest BCUT2D eigenvalue weighted by Crippen LogP contribution is 2.44. The first-order valence-corrected chi connectivity index (χ1v) is 6.62. The van der Waals surface area contributed by atoms with Gasteiger partial charge in [0.2, 0.25) is 0 Å². The van der Waals surface area contributed by atoms with Crippen LogP contribution in [-0.2, 0) is 0 Å². The maximum absolute atomic E-state index is 4.11. The van der Waals surface area contributed by atoms with Crippen LogP contribution in [0.1, 0.15) is 17.0 Å². The molecule has 0 fully saturated rings. The van der Waals surface area contributed by atoms with Gasteiger partial charge in [-0.15, -0.1) is 0 Å². The molecule has 0 nitrogen and oxygen atoms in total. The average molecular weight is 242 g/mol. The van der Waals surface area contributed by atoms with Crippen molar-refractivity contribution in [3.05, 3.63) is 82.2 Å². The van der Waals surface area contributed by atoms with Crippen LogP contribution >= 0.6 is 0 Å². The quantitative estimate of drug-likeness (QED) is 0.615. The van der Waals surface area contributed by atoms with Crippen LogP contribution in [0.15, 0.2) is 60.7 Å². The summed E-state index contributed by atoms with van der Waals surface area (Å²) in [6.07, 6.45) is 2.33. The third-order valence-corrected chi connectivity index (χ3v) is 4.04. The van der Waals surface area contributed by atoms with Crippen LogP contribution < -0.4 is 10.4 Å². The molecular formula is C19H14. The van der Waals surface area contributed by atoms with Crippen LogP contribution in [-0.4, -0.2) is 0 Å². The van der Waals surface area contributed by atoms with Crippen LogP contribution in [0.25, 0.3) is 23.4 Å². The molecule has 3 aromatic rings. The highest BCUT2D eigenvalue weighted by Gasteiger charge is 2.26. The minimum absolute atomic E-state index is 0.419. The van der Waals surface area contributed by atoms with E-state index >= 15 is 0 Å². The van der Waals surface area contributed by atoms with E-state index in [9.17, 15) is 0 Å². The van der Waals surface area contributed by atoms with Gasteiger partial charge >= 0.3 is 0 Å². The molecule has 0 atom stereocenters. The van der Waals surface area contributed by atoms with Gasteiger partial charge in [-0.2, -0.15) is 0 Å². The van der Waals surface area contributed by atoms with Crippen molar-refractivity contribution in [2.75, 3.05) is 0 Å². The summed E-state index contributed by atoms with van der Waals surface area (Å²) < 4.78 is 0. The largest absolute Gasteiger partial charge is 0.0912 e. The van der Waals surface area contributed by atoms with Gasteiger partial charge in [-0.05, 0) is 32.3 Å². The predicted octanol–water partition coefficient (Wildman–Crippen LogP) is 3.18. The van der Waals surface area contributed by atoms with Crippen molar-refractivity contribution in [1.29, 1.82) is 0 Å². The zero-order valence-corrected chi connectivity index (χ0v) is 10.6. The summed E-state index contributed by atoms with van der Waals surface area (Å²) in [6.45, 7) is 4.11. The Balaban J connectivity index is 1.95. The highest BCUT2D eigenvalue weighted by molar-refractivity contribution is 5.97. The van der Waals surface area contributed by atoms with Crippen molar-refractivity contribution in [1.82, 2.24) is 0 Å². The third-order valence-electron chi connectivity index (χ3n) is 4.04. The van der Waals surface area contributed by atoms with Crippen molar-refractivity contribution in [2.24, 2.45) is 0 Å². The number of rotatable bonds is 1. The summed E-state index contributed by atoms with van der Waals surface area (Å²) in [5.41, 5.74) is 2.88. The van der Waals surface area contributed by atoms with Crippen LogP contribution in [0, 0.1) is 0 Å². The maximum Gasteiger partial charge on any atom is 0.0291 e. The van der Waals surface area contributed by atoms with E-state index in [0.29, 0.717) is 5.92 Å². The topological polar surface area (TPSA) is 0 Å². The van der Waals surface area contributed by atoms with E-state index < -0.39 is 0 Å². The molecule has 1 aliphatic rings. The van der Waals surface area contributed by atoms with Crippen molar-refractivity contribution in [3.8, 4) is 0 Å². The summed E-state index contributed by atoms with van der Waals surface area (Å²) >= 11 is 0. The van der Waals surface area contributed by atoms with E-state index in [4.69, 9.17) is 0 Å². The first-order chi connectivity index (χ1) is 9.34. The van der Waals surface area contributed by atoms with Crippen LogP contribution in [0.2, 0.25) is 0 Å². The molecule has 0 radical (unpaired) electrons. The second kappa shape index (κ2) is 3.83. The Morgan fingerprint density at radius 2 is 1.47 bits per heavy atom. The smallest absolute Gasteiger partial charge is 0.0291 e. The van der Waals surface area contributed by atoms with Crippen molar-refractivity contribution in [2.45, 2.75) is 5.92 Å². The van der Waals surface area contributed by atoms with Gasteiger partial charge in [0.1, 0.15) is 0 Å². The first kappa shape index (κ1) is 10.6. The molecule has 0 aromatic heterocycles. The van der Waals surface area contributed by atoms with Crippen LogP contribution in [0.4, 0.5) is 0 Å². The SMILES string of the molecule is C=c1cccc/c1=C/C1c2cccc3cccc1c23. The molecule has 0 saturated carbocycles. The standard InChI is InChI=1S/C19H14/c1-13-6-2-3-7-15(13)12-18-16-10-4-8-14-9-5-11-17(18)19(14)16/h2-12,18H,1H2/b15-12-. The molecule has 0 aliphatic heterocycles. The third kappa shape index (κ3) is 1.47. The van der Waals surface area contributed by atoms with E-state index in [1.807, 2.05) is 6.07 Å². The van der Waals surface area contributed by atoms with Crippen molar-refractivity contribution in [3.63, 3.8) is 0 Å². The monoisotopic (exact) mass is 242 g/mol. The fourth-order valence-corrected chi connectivity index (χ4v) is 3.06. The first-order valence-electron chi connectivity index (χ1n) is 6.62. The van der Waals surface area contributed by atoms with E-state index in [1.54, 1.807) is 0 Å². The average Bonchev–Trinajstić information content (AvgIpc) is 2.45. The van der Waals surface area contributed by atoms with Crippen LogP contribution in [0.5, 0.6) is 0 Å². The number of hydrogen-bond donors (Lipinski definition) is 0. The Hall–Kier alpha value is -2.34. The Bertz CT molecular complexity index is 849. The molecule has 0 N–H and O–H groups in total. The lowest BCUT2D eigenvalue weighted by atomic mass is 9.75. The van der Waals surface area contributed by atoms with E-state index in [-0.39, 0.29) is 0 Å². The lowest BCUT2D eigenvalue weighted by Crippen LogP contribution is -2.24. The normalized spacial score (nSPS) is 14.6. The molecule has 19 heavy (non-hydrogen) atoms. The summed E-state index contributed by atoms with van der Waals surface area (Å²) in [6, 6.07) is 21.5. The summed E-state index contributed by atoms with van der Waals surface area (Å²) in [7, 11) is 0. The van der Waals surface area contributed by atoms with Crippen LogP contribution in [0.3, 0.4) is 0 Å². The molecular weight excluding hydrogens is 228 g/mol. The Labute approximate surface area is 112 Å². The molecule has 0 heteroatoms. The number of benzene rings is 3. The maximum atomic E-state index is 4.11. The van der Waals surface area contributed by atoms with Gasteiger partial charge in [-0.25, -0.2) is 0 Å². The highest BCUT2D eigenvalue weighted by atomic mass is 14.3. The zero-order valence-electron chi connectivity index (χ0n) is 10.6. The van der Waals surface area contributed by atoms with Gasteiger partial charge in [0.15, 0.2) is 0 Å². The minimum Gasteiger partial charge on any atom is -0.0912 e. The summed E-state index contributed by atoms with van der Waals surface area (Å²) in [5.74, 6) is 0.419. The second-order valence-corrected chi connectivity index (χ2v) is 5.14. The predicted molar refractivity (Wildman–Crippen MR) is 81.5 cm³/mol. The molecule has 4 rings (SSSR count). The molecule has 0 saturated heterocycles. The van der Waals surface area contributed by atoms with Gasteiger partial charge in [0, 0.05) is 5.92 Å². The van der Waals surface area contributed by atoms with Crippen molar-refractivity contribution >= 4 is 23.4 Å². The van der Waals surface area contributed by atoms with E-state index in [0.717, 1.165) is 5.22 Å². The molecule has 90 valence electrons. The van der Waals surface area contributed by atoms with Gasteiger partial charge in [0.05, 0.1) is 0 Å². The Morgan fingerprint density at radius 3 is 2.16 bits per heavy atom. The fraction of sp³-hybridized carbons (Fsp3) is 0.0526. The van der Waals surface area contributed by atoms with Gasteiger partial charge in [-0.1, -0.05) is 73.3 Å². The number of hydrogen-bond acceptors (Lipinski definition) is 0. The molecule has 0 spiro atoms. The summed E-state index contributed by atoms with van der Waals surface area (Å²) in [4.78, 5) is 0. The van der Waals surface area contributed by atoms with Gasteiger partial charge in [0.25, 0.3) is 0 Å². The summed E-state index contributed by atoms with van der Waals surface area (Å²) in [5, 5.41) is 5.12. The molecule has 3 aromatic carbocycles. The molecule has 1 aliphatic carbocycles. The molecule has 0 unspecified atom stereocenters. The molecule has 0 amide bonds. The van der Waals surface area contributed by atoms with Gasteiger partial charge < -0.3 is 0 Å². The van der Waals surface area contributed by atoms with Crippen molar-refractivity contribution < 1.29 is 0 Å². The van der Waals surface area contributed by atoms with E-state index in [1.165, 1.54) is 27.1 Å². The molecule has 0 heterocycles. The lowest BCUT2D eigenvalue weighted by Gasteiger charge is -2.28. The second-order valence-electron chi connectivity index (χ2n) is 5.14. The molecule has 0 bridgehead atoms.